The molecule has 7 heteroatoms. The summed E-state index contributed by atoms with van der Waals surface area (Å²) in [6.45, 7) is 0.419. The van der Waals surface area contributed by atoms with Gasteiger partial charge in [-0.25, -0.2) is 0 Å². The number of H-pyrrole nitrogens is 1. The molecular weight excluding hydrogens is 222 g/mol. The molecular formula is C10H11N5O2. The number of nitrogens with one attached hydrogen (secondary N) is 2. The van der Waals surface area contributed by atoms with Gasteiger partial charge in [0.2, 0.25) is 0 Å². The molecule has 17 heavy (non-hydrogen) atoms. The summed E-state index contributed by atoms with van der Waals surface area (Å²) in [7, 11) is 1.60. The number of hydrogen-bond donors (Lipinski definition) is 2. The van der Waals surface area contributed by atoms with E-state index in [0.717, 1.165) is 5.56 Å². The summed E-state index contributed by atoms with van der Waals surface area (Å²) in [4.78, 5) is 11.7. The number of anilines is 1. The minimum Gasteiger partial charge on any atom is -0.380 e. The van der Waals surface area contributed by atoms with Crippen molar-refractivity contribution in [2.24, 2.45) is 0 Å². The van der Waals surface area contributed by atoms with Crippen molar-refractivity contribution >= 4 is 11.6 Å². The van der Waals surface area contributed by atoms with Gasteiger partial charge in [-0.05, 0) is 11.3 Å². The molecule has 1 amide bonds. The number of benzene rings is 1. The Bertz CT molecular complexity index is 497. The number of carbonyl (C=O) groups is 1. The van der Waals surface area contributed by atoms with Gasteiger partial charge in [0.05, 0.1) is 6.61 Å². The fraction of sp³-hybridized carbons (Fsp3) is 0.200. The maximum atomic E-state index is 11.7. The van der Waals surface area contributed by atoms with Gasteiger partial charge in [0.15, 0.2) is 0 Å². The number of hydrogen-bond acceptors (Lipinski definition) is 5. The lowest BCUT2D eigenvalue weighted by molar-refractivity contribution is 0.101. The number of methoxy groups -OCH3 is 1. The second kappa shape index (κ2) is 5.17. The molecule has 0 radical (unpaired) electrons. The first-order valence-electron chi connectivity index (χ1n) is 4.93. The number of aromatic nitrogens is 4. The zero-order chi connectivity index (χ0) is 12.1. The fourth-order valence-corrected chi connectivity index (χ4v) is 1.36. The predicted molar refractivity (Wildman–Crippen MR) is 59.3 cm³/mol. The minimum absolute atomic E-state index is 0.00257. The highest BCUT2D eigenvalue weighted by Gasteiger charge is 2.12. The Labute approximate surface area is 97.2 Å². The number of amides is 1. The molecule has 1 aromatic heterocycles. The van der Waals surface area contributed by atoms with Crippen LogP contribution in [0, 0.1) is 0 Å². The highest BCUT2D eigenvalue weighted by Crippen LogP contribution is 2.16. The van der Waals surface area contributed by atoms with Crippen molar-refractivity contribution in [1.29, 1.82) is 0 Å². The molecule has 0 fully saturated rings. The maximum Gasteiger partial charge on any atom is 0.297 e. The Morgan fingerprint density at radius 2 is 2.29 bits per heavy atom. The van der Waals surface area contributed by atoms with Crippen molar-refractivity contribution in [3.05, 3.63) is 35.7 Å². The Morgan fingerprint density at radius 3 is 3.00 bits per heavy atom. The van der Waals surface area contributed by atoms with E-state index in [1.54, 1.807) is 13.2 Å². The molecule has 0 unspecified atom stereocenters. The van der Waals surface area contributed by atoms with Crippen molar-refractivity contribution < 1.29 is 9.53 Å². The van der Waals surface area contributed by atoms with Crippen molar-refractivity contribution in [2.75, 3.05) is 12.4 Å². The van der Waals surface area contributed by atoms with Gasteiger partial charge in [-0.15, -0.1) is 10.2 Å². The largest absolute Gasteiger partial charge is 0.380 e. The van der Waals surface area contributed by atoms with Crippen LogP contribution in [0.4, 0.5) is 5.69 Å². The second-order valence-electron chi connectivity index (χ2n) is 3.28. The number of tetrazole rings is 1. The fourth-order valence-electron chi connectivity index (χ4n) is 1.36. The zero-order valence-corrected chi connectivity index (χ0v) is 9.17. The van der Waals surface area contributed by atoms with Crippen LogP contribution >= 0.6 is 0 Å². The van der Waals surface area contributed by atoms with Crippen LogP contribution in [0.5, 0.6) is 0 Å². The van der Waals surface area contributed by atoms with E-state index in [1.807, 2.05) is 18.2 Å². The van der Waals surface area contributed by atoms with Crippen LogP contribution in [0.15, 0.2) is 24.3 Å². The van der Waals surface area contributed by atoms with Crippen molar-refractivity contribution in [3.63, 3.8) is 0 Å². The molecule has 0 saturated heterocycles. The maximum absolute atomic E-state index is 11.7. The summed E-state index contributed by atoms with van der Waals surface area (Å²) in [5.74, 6) is -0.417. The van der Waals surface area contributed by atoms with Gasteiger partial charge < -0.3 is 10.1 Å². The molecule has 0 spiro atoms. The highest BCUT2D eigenvalue weighted by molar-refractivity contribution is 6.01. The molecule has 2 N–H and O–H groups in total. The lowest BCUT2D eigenvalue weighted by Crippen LogP contribution is -2.15. The Kier molecular flexibility index (Phi) is 3.41. The molecule has 0 bridgehead atoms. The van der Waals surface area contributed by atoms with Gasteiger partial charge in [-0.3, -0.25) is 4.79 Å². The van der Waals surface area contributed by atoms with Crippen LogP contribution in [0.1, 0.15) is 16.2 Å². The standard InChI is InChI=1S/C10H11N5O2/c1-17-6-7-4-2-3-5-8(7)11-10(16)9-12-14-15-13-9/h2-5H,6H2,1H3,(H,11,16)(H,12,13,14,15). The molecule has 0 saturated carbocycles. The average Bonchev–Trinajstić information content (AvgIpc) is 2.85. The first kappa shape index (κ1) is 11.2. The molecule has 0 aliphatic rings. The van der Waals surface area contributed by atoms with Crippen LogP contribution in [-0.4, -0.2) is 33.6 Å². The monoisotopic (exact) mass is 233 g/mol. The smallest absolute Gasteiger partial charge is 0.297 e. The third-order valence-electron chi connectivity index (χ3n) is 2.11. The van der Waals surface area contributed by atoms with Gasteiger partial charge >= 0.3 is 0 Å². The van der Waals surface area contributed by atoms with Gasteiger partial charge in [0, 0.05) is 18.4 Å². The third kappa shape index (κ3) is 2.64. The Hall–Kier alpha value is -2.28. The SMILES string of the molecule is COCc1ccccc1NC(=O)c1nn[nH]n1. The summed E-state index contributed by atoms with van der Waals surface area (Å²) in [6.07, 6.45) is 0. The molecule has 7 nitrogen and oxygen atoms in total. The Morgan fingerprint density at radius 1 is 1.47 bits per heavy atom. The summed E-state index contributed by atoms with van der Waals surface area (Å²) in [6, 6.07) is 7.35. The lowest BCUT2D eigenvalue weighted by Gasteiger charge is -2.08. The molecule has 88 valence electrons. The molecule has 1 aromatic carbocycles. The average molecular weight is 233 g/mol. The summed E-state index contributed by atoms with van der Waals surface area (Å²) in [5, 5.41) is 15.4. The van der Waals surface area contributed by atoms with E-state index in [9.17, 15) is 4.79 Å². The van der Waals surface area contributed by atoms with Crippen molar-refractivity contribution in [2.45, 2.75) is 6.61 Å². The first-order chi connectivity index (χ1) is 8.31. The van der Waals surface area contributed by atoms with Crippen LogP contribution in [-0.2, 0) is 11.3 Å². The number of aromatic amines is 1. The number of rotatable bonds is 4. The molecule has 0 aliphatic carbocycles. The molecule has 2 rings (SSSR count). The predicted octanol–water partition coefficient (Wildman–Crippen LogP) is 0.598. The molecule has 0 atom stereocenters. The van der Waals surface area contributed by atoms with Crippen molar-refractivity contribution in [3.8, 4) is 0 Å². The third-order valence-corrected chi connectivity index (χ3v) is 2.11. The Balaban J connectivity index is 2.15. The molecule has 0 aliphatic heterocycles. The number of ether oxygens (including phenoxy) is 1. The first-order valence-corrected chi connectivity index (χ1v) is 4.93. The van der Waals surface area contributed by atoms with E-state index >= 15 is 0 Å². The zero-order valence-electron chi connectivity index (χ0n) is 9.17. The van der Waals surface area contributed by atoms with E-state index in [1.165, 1.54) is 0 Å². The summed E-state index contributed by atoms with van der Waals surface area (Å²) in [5.41, 5.74) is 1.55. The topological polar surface area (TPSA) is 92.8 Å². The minimum atomic E-state index is -0.415. The number of para-hydroxylation sites is 1. The lowest BCUT2D eigenvalue weighted by atomic mass is 10.2. The van der Waals surface area contributed by atoms with E-state index in [4.69, 9.17) is 4.74 Å². The number of nitrogens with zero attached hydrogens (tertiary/aromatic N) is 3. The van der Waals surface area contributed by atoms with E-state index in [0.29, 0.717) is 12.3 Å². The van der Waals surface area contributed by atoms with Crippen LogP contribution < -0.4 is 5.32 Å². The van der Waals surface area contributed by atoms with E-state index in [-0.39, 0.29) is 5.82 Å². The number of carbonyl (C=O) groups excluding carboxylic acids is 1. The van der Waals surface area contributed by atoms with Crippen LogP contribution in [0.2, 0.25) is 0 Å². The quantitative estimate of drug-likeness (QED) is 0.806. The summed E-state index contributed by atoms with van der Waals surface area (Å²) < 4.78 is 5.04. The highest BCUT2D eigenvalue weighted by atomic mass is 16.5. The van der Waals surface area contributed by atoms with Gasteiger partial charge in [-0.2, -0.15) is 5.21 Å². The van der Waals surface area contributed by atoms with Crippen LogP contribution in [0.25, 0.3) is 0 Å². The van der Waals surface area contributed by atoms with E-state index < -0.39 is 5.91 Å². The van der Waals surface area contributed by atoms with Crippen molar-refractivity contribution in [1.82, 2.24) is 20.6 Å². The van der Waals surface area contributed by atoms with Gasteiger partial charge in [0.25, 0.3) is 11.7 Å². The normalized spacial score (nSPS) is 10.2. The van der Waals surface area contributed by atoms with E-state index in [2.05, 4.69) is 25.9 Å². The van der Waals surface area contributed by atoms with Gasteiger partial charge in [-0.1, -0.05) is 18.2 Å². The van der Waals surface area contributed by atoms with Gasteiger partial charge in [0.1, 0.15) is 0 Å². The molecule has 1 heterocycles. The van der Waals surface area contributed by atoms with Crippen LogP contribution in [0.3, 0.4) is 0 Å². The second-order valence-corrected chi connectivity index (χ2v) is 3.28. The molecule has 2 aromatic rings. The summed E-state index contributed by atoms with van der Waals surface area (Å²) >= 11 is 0.